The topological polar surface area (TPSA) is 60.8 Å². The molecule has 33 heavy (non-hydrogen) atoms. The lowest BCUT2D eigenvalue weighted by atomic mass is 10.0. The lowest BCUT2D eigenvalue weighted by Crippen LogP contribution is -2.32. The van der Waals surface area contributed by atoms with Gasteiger partial charge in [0.25, 0.3) is 0 Å². The number of hydrogen-bond donors (Lipinski definition) is 1. The minimum absolute atomic E-state index is 0.177. The summed E-state index contributed by atoms with van der Waals surface area (Å²) < 4.78 is 28.6. The Morgan fingerprint density at radius 2 is 1.97 bits per heavy atom. The molecule has 0 spiro atoms. The van der Waals surface area contributed by atoms with Crippen molar-refractivity contribution in [3.05, 3.63) is 60.3 Å². The highest BCUT2D eigenvalue weighted by Gasteiger charge is 2.30. The monoisotopic (exact) mass is 449 g/mol. The predicted molar refractivity (Wildman–Crippen MR) is 125 cm³/mol. The SMILES string of the molecule is CCC(=O)N1CCC(CC2=NNCN2c2ccc(-c3ccc4cc(F)cnc4c3)cc2F)C1. The summed E-state index contributed by atoms with van der Waals surface area (Å²) in [6.07, 6.45) is 3.32. The molecule has 3 heterocycles. The van der Waals surface area contributed by atoms with Crippen molar-refractivity contribution in [2.75, 3.05) is 24.7 Å². The zero-order valence-corrected chi connectivity index (χ0v) is 18.4. The third-order valence-corrected chi connectivity index (χ3v) is 6.38. The average molecular weight is 450 g/mol. The number of likely N-dealkylation sites (tertiary alicyclic amines) is 1. The fraction of sp³-hybridized carbons (Fsp3) is 0.320. The van der Waals surface area contributed by atoms with Gasteiger partial charge in [0.2, 0.25) is 5.91 Å². The molecule has 1 fully saturated rings. The summed E-state index contributed by atoms with van der Waals surface area (Å²) in [5.41, 5.74) is 5.62. The molecule has 8 heteroatoms. The molecule has 5 rings (SSSR count). The van der Waals surface area contributed by atoms with Crippen LogP contribution in [-0.4, -0.2) is 41.4 Å². The standard InChI is InChI=1S/C25H25F2N5O/c1-2-25(33)31-8-7-16(14-31)9-24-30-29-15-32(24)23-6-5-17(11-21(23)27)18-3-4-19-10-20(26)13-28-22(19)12-18/h3-6,10-13,16,29H,2,7-9,14-15H2,1H3. The van der Waals surface area contributed by atoms with Crippen molar-refractivity contribution in [1.82, 2.24) is 15.3 Å². The van der Waals surface area contributed by atoms with E-state index in [1.807, 2.05) is 34.9 Å². The molecule has 2 aliphatic heterocycles. The zero-order chi connectivity index (χ0) is 22.9. The second kappa shape index (κ2) is 8.77. The van der Waals surface area contributed by atoms with E-state index < -0.39 is 0 Å². The van der Waals surface area contributed by atoms with E-state index in [2.05, 4.69) is 15.5 Å². The summed E-state index contributed by atoms with van der Waals surface area (Å²) in [7, 11) is 0. The van der Waals surface area contributed by atoms with Gasteiger partial charge < -0.3 is 9.80 Å². The van der Waals surface area contributed by atoms with Gasteiger partial charge in [-0.1, -0.05) is 25.1 Å². The minimum atomic E-state index is -0.385. The van der Waals surface area contributed by atoms with Crippen molar-refractivity contribution < 1.29 is 13.6 Å². The molecule has 1 N–H and O–H groups in total. The molecular weight excluding hydrogens is 424 g/mol. The van der Waals surface area contributed by atoms with Crippen LogP contribution in [0, 0.1) is 17.6 Å². The maximum atomic E-state index is 15.2. The number of aromatic nitrogens is 1. The normalized spacial score (nSPS) is 18.0. The molecule has 1 amide bonds. The van der Waals surface area contributed by atoms with Crippen molar-refractivity contribution in [2.45, 2.75) is 26.2 Å². The summed E-state index contributed by atoms with van der Waals surface area (Å²) in [5, 5.41) is 5.09. The van der Waals surface area contributed by atoms with Crippen LogP contribution in [0.15, 0.2) is 53.8 Å². The summed E-state index contributed by atoms with van der Waals surface area (Å²) in [5.74, 6) is 0.555. The molecule has 1 aromatic heterocycles. The van der Waals surface area contributed by atoms with Crippen molar-refractivity contribution in [1.29, 1.82) is 0 Å². The molecule has 1 unspecified atom stereocenters. The van der Waals surface area contributed by atoms with Crippen LogP contribution < -0.4 is 10.3 Å². The van der Waals surface area contributed by atoms with Crippen LogP contribution in [-0.2, 0) is 4.79 Å². The molecule has 3 aromatic rings. The van der Waals surface area contributed by atoms with E-state index in [1.54, 1.807) is 12.1 Å². The predicted octanol–water partition coefficient (Wildman–Crippen LogP) is 4.51. The van der Waals surface area contributed by atoms with Crippen molar-refractivity contribution in [3.63, 3.8) is 0 Å². The molecule has 2 aliphatic rings. The second-order valence-corrected chi connectivity index (χ2v) is 8.55. The Morgan fingerprint density at radius 1 is 1.15 bits per heavy atom. The molecule has 0 saturated carbocycles. The summed E-state index contributed by atoms with van der Waals surface area (Å²) >= 11 is 0. The summed E-state index contributed by atoms with van der Waals surface area (Å²) in [6.45, 7) is 3.78. The van der Waals surface area contributed by atoms with Crippen LogP contribution in [0.25, 0.3) is 22.0 Å². The van der Waals surface area contributed by atoms with E-state index in [0.29, 0.717) is 42.0 Å². The van der Waals surface area contributed by atoms with Gasteiger partial charge in [-0.3, -0.25) is 15.2 Å². The van der Waals surface area contributed by atoms with Gasteiger partial charge in [-0.25, -0.2) is 8.78 Å². The van der Waals surface area contributed by atoms with Crippen LogP contribution in [0.5, 0.6) is 0 Å². The van der Waals surface area contributed by atoms with E-state index in [4.69, 9.17) is 0 Å². The summed E-state index contributed by atoms with van der Waals surface area (Å²) in [4.78, 5) is 19.8. The van der Waals surface area contributed by atoms with Gasteiger partial charge in [-0.05, 0) is 47.7 Å². The highest BCUT2D eigenvalue weighted by Crippen LogP contribution is 2.31. The number of nitrogens with one attached hydrogen (secondary N) is 1. The quantitative estimate of drug-likeness (QED) is 0.623. The number of amidine groups is 1. The van der Waals surface area contributed by atoms with Crippen molar-refractivity contribution in [2.24, 2.45) is 11.0 Å². The Hall–Kier alpha value is -3.55. The number of anilines is 1. The van der Waals surface area contributed by atoms with Gasteiger partial charge >= 0.3 is 0 Å². The van der Waals surface area contributed by atoms with Gasteiger partial charge in [0.05, 0.1) is 17.4 Å². The number of amides is 1. The van der Waals surface area contributed by atoms with Crippen LogP contribution in [0.3, 0.4) is 0 Å². The number of carbonyl (C=O) groups excluding carboxylic acids is 1. The Kier molecular flexibility index (Phi) is 5.66. The van der Waals surface area contributed by atoms with Gasteiger partial charge in [0.1, 0.15) is 24.1 Å². The van der Waals surface area contributed by atoms with Crippen LogP contribution in [0.4, 0.5) is 14.5 Å². The average Bonchev–Trinajstić information content (AvgIpc) is 3.48. The zero-order valence-electron chi connectivity index (χ0n) is 18.4. The fourth-order valence-electron chi connectivity index (χ4n) is 4.62. The minimum Gasteiger partial charge on any atom is -0.342 e. The molecule has 2 aromatic carbocycles. The number of hydrogen-bond acceptors (Lipinski definition) is 5. The second-order valence-electron chi connectivity index (χ2n) is 8.55. The number of carbonyl (C=O) groups is 1. The Balaban J connectivity index is 1.33. The van der Waals surface area contributed by atoms with Crippen molar-refractivity contribution >= 4 is 28.3 Å². The number of rotatable bonds is 5. The third-order valence-electron chi connectivity index (χ3n) is 6.38. The Labute approximate surface area is 190 Å². The molecule has 6 nitrogen and oxygen atoms in total. The van der Waals surface area contributed by atoms with E-state index in [1.165, 1.54) is 18.3 Å². The van der Waals surface area contributed by atoms with Gasteiger partial charge in [-0.2, -0.15) is 5.10 Å². The number of hydrazone groups is 1. The molecule has 1 atom stereocenters. The van der Waals surface area contributed by atoms with Crippen LogP contribution in [0.2, 0.25) is 0 Å². The largest absolute Gasteiger partial charge is 0.342 e. The first-order valence-corrected chi connectivity index (χ1v) is 11.2. The van der Waals surface area contributed by atoms with E-state index in [0.717, 1.165) is 36.5 Å². The fourth-order valence-corrected chi connectivity index (χ4v) is 4.62. The highest BCUT2D eigenvalue weighted by atomic mass is 19.1. The number of fused-ring (bicyclic) bond motifs is 1. The van der Waals surface area contributed by atoms with E-state index in [9.17, 15) is 9.18 Å². The molecule has 0 bridgehead atoms. The first-order valence-electron chi connectivity index (χ1n) is 11.2. The molecule has 0 radical (unpaired) electrons. The lowest BCUT2D eigenvalue weighted by molar-refractivity contribution is -0.129. The molecule has 0 aliphatic carbocycles. The van der Waals surface area contributed by atoms with Crippen molar-refractivity contribution in [3.8, 4) is 11.1 Å². The smallest absolute Gasteiger partial charge is 0.222 e. The number of pyridine rings is 1. The highest BCUT2D eigenvalue weighted by molar-refractivity contribution is 5.99. The van der Waals surface area contributed by atoms with E-state index >= 15 is 4.39 Å². The number of nitrogens with zero attached hydrogens (tertiary/aromatic N) is 4. The molecular formula is C25H25F2N5O. The maximum Gasteiger partial charge on any atom is 0.222 e. The Morgan fingerprint density at radius 3 is 2.79 bits per heavy atom. The van der Waals surface area contributed by atoms with Gasteiger partial charge in [0.15, 0.2) is 0 Å². The number of benzene rings is 2. The maximum absolute atomic E-state index is 15.2. The first kappa shape index (κ1) is 21.3. The Bertz CT molecular complexity index is 1240. The van der Waals surface area contributed by atoms with Gasteiger partial charge in [-0.15, -0.1) is 0 Å². The third kappa shape index (κ3) is 4.25. The first-order chi connectivity index (χ1) is 16.0. The van der Waals surface area contributed by atoms with E-state index in [-0.39, 0.29) is 17.5 Å². The number of halogens is 2. The van der Waals surface area contributed by atoms with Crippen LogP contribution >= 0.6 is 0 Å². The lowest BCUT2D eigenvalue weighted by Gasteiger charge is -2.22. The molecule has 1 saturated heterocycles. The van der Waals surface area contributed by atoms with Gasteiger partial charge in [0, 0.05) is 31.3 Å². The summed E-state index contributed by atoms with van der Waals surface area (Å²) in [6, 6.07) is 12.0. The van der Waals surface area contributed by atoms with Crippen LogP contribution in [0.1, 0.15) is 26.2 Å². The molecule has 170 valence electrons.